The Bertz CT molecular complexity index is 805. The van der Waals surface area contributed by atoms with Gasteiger partial charge in [0.05, 0.1) is 18.2 Å². The molecule has 0 aromatic heterocycles. The molecule has 0 bridgehead atoms. The van der Waals surface area contributed by atoms with Gasteiger partial charge in [-0.05, 0) is 63.2 Å². The molecule has 0 aliphatic carbocycles. The van der Waals surface area contributed by atoms with Crippen molar-refractivity contribution in [2.24, 2.45) is 0 Å². The summed E-state index contributed by atoms with van der Waals surface area (Å²) in [6, 6.07) is 11.4. The van der Waals surface area contributed by atoms with Crippen molar-refractivity contribution in [3.63, 3.8) is 0 Å². The van der Waals surface area contributed by atoms with Gasteiger partial charge in [-0.2, -0.15) is 0 Å². The first kappa shape index (κ1) is 20.6. The number of methoxy groups -OCH3 is 1. The number of hydrogen-bond acceptors (Lipinski definition) is 5. The van der Waals surface area contributed by atoms with E-state index in [0.29, 0.717) is 27.8 Å². The van der Waals surface area contributed by atoms with Crippen LogP contribution in [0.15, 0.2) is 42.5 Å². The summed E-state index contributed by atoms with van der Waals surface area (Å²) in [5, 5.41) is 3.16. The van der Waals surface area contributed by atoms with Crippen LogP contribution < -0.4 is 14.8 Å². The number of rotatable bonds is 7. The molecule has 0 fully saturated rings. The minimum absolute atomic E-state index is 0.207. The summed E-state index contributed by atoms with van der Waals surface area (Å²) in [6.45, 7) is 5.15. The highest BCUT2D eigenvalue weighted by Crippen LogP contribution is 2.27. The Labute approximate surface area is 163 Å². The lowest BCUT2D eigenvalue weighted by atomic mass is 10.2. The quantitative estimate of drug-likeness (QED) is 0.711. The van der Waals surface area contributed by atoms with Crippen molar-refractivity contribution in [1.29, 1.82) is 0 Å². The third-order valence-electron chi connectivity index (χ3n) is 3.52. The number of hydrogen-bond donors (Lipinski definition) is 1. The third-order valence-corrected chi connectivity index (χ3v) is 3.82. The SMILES string of the molecule is COc1ccc(NC(=O)c2ccc(O[C@H](C)C(=O)OC(C)C)cc2)cc1Cl. The van der Waals surface area contributed by atoms with Crippen molar-refractivity contribution in [2.45, 2.75) is 33.0 Å². The fourth-order valence-corrected chi connectivity index (χ4v) is 2.47. The van der Waals surface area contributed by atoms with Gasteiger partial charge in [-0.1, -0.05) is 11.6 Å². The van der Waals surface area contributed by atoms with E-state index in [0.717, 1.165) is 0 Å². The molecule has 0 aliphatic rings. The zero-order chi connectivity index (χ0) is 20.0. The number of ether oxygens (including phenoxy) is 3. The first-order valence-corrected chi connectivity index (χ1v) is 8.80. The lowest BCUT2D eigenvalue weighted by Gasteiger charge is -2.16. The molecule has 1 atom stereocenters. The van der Waals surface area contributed by atoms with E-state index in [4.69, 9.17) is 25.8 Å². The van der Waals surface area contributed by atoms with Crippen LogP contribution in [0.25, 0.3) is 0 Å². The highest BCUT2D eigenvalue weighted by Gasteiger charge is 2.18. The van der Waals surface area contributed by atoms with Crippen LogP contribution in [0.2, 0.25) is 5.02 Å². The molecule has 0 saturated heterocycles. The Morgan fingerprint density at radius 3 is 2.26 bits per heavy atom. The Morgan fingerprint density at radius 1 is 1.04 bits per heavy atom. The summed E-state index contributed by atoms with van der Waals surface area (Å²) < 4.78 is 15.7. The maximum atomic E-state index is 12.3. The standard InChI is InChI=1S/C20H22ClNO5/c1-12(2)26-20(24)13(3)27-16-8-5-14(6-9-16)19(23)22-15-7-10-18(25-4)17(21)11-15/h5-13H,1-4H3,(H,22,23)/t13-/m1/s1. The molecule has 0 radical (unpaired) electrons. The molecule has 0 spiro atoms. The lowest BCUT2D eigenvalue weighted by molar-refractivity contribution is -0.154. The largest absolute Gasteiger partial charge is 0.495 e. The Balaban J connectivity index is 1.99. The van der Waals surface area contributed by atoms with E-state index in [1.807, 2.05) is 0 Å². The van der Waals surface area contributed by atoms with Crippen LogP contribution in [0.4, 0.5) is 5.69 Å². The highest BCUT2D eigenvalue weighted by molar-refractivity contribution is 6.32. The van der Waals surface area contributed by atoms with Crippen LogP contribution in [-0.2, 0) is 9.53 Å². The maximum absolute atomic E-state index is 12.3. The molecule has 144 valence electrons. The van der Waals surface area contributed by atoms with Crippen LogP contribution in [0.1, 0.15) is 31.1 Å². The van der Waals surface area contributed by atoms with Crippen LogP contribution >= 0.6 is 11.6 Å². The van der Waals surface area contributed by atoms with E-state index in [-0.39, 0.29) is 12.0 Å². The molecule has 2 aromatic rings. The zero-order valence-corrected chi connectivity index (χ0v) is 16.4. The Morgan fingerprint density at radius 2 is 1.70 bits per heavy atom. The predicted molar refractivity (Wildman–Crippen MR) is 104 cm³/mol. The molecule has 7 heteroatoms. The second-order valence-electron chi connectivity index (χ2n) is 6.07. The Kier molecular flexibility index (Phi) is 7.07. The molecule has 0 heterocycles. The average Bonchev–Trinajstić information content (AvgIpc) is 2.61. The summed E-state index contributed by atoms with van der Waals surface area (Å²) in [5.74, 6) is 0.256. The van der Waals surface area contributed by atoms with E-state index >= 15 is 0 Å². The average molecular weight is 392 g/mol. The van der Waals surface area contributed by atoms with E-state index in [2.05, 4.69) is 5.32 Å². The van der Waals surface area contributed by atoms with Gasteiger partial charge in [0.1, 0.15) is 11.5 Å². The molecule has 1 N–H and O–H groups in total. The van der Waals surface area contributed by atoms with Crippen molar-refractivity contribution in [2.75, 3.05) is 12.4 Å². The lowest BCUT2D eigenvalue weighted by Crippen LogP contribution is -2.28. The fourth-order valence-electron chi connectivity index (χ4n) is 2.21. The molecule has 0 aliphatic heterocycles. The van der Waals surface area contributed by atoms with Crippen molar-refractivity contribution in [3.05, 3.63) is 53.1 Å². The van der Waals surface area contributed by atoms with Gasteiger partial charge in [0.2, 0.25) is 0 Å². The van der Waals surface area contributed by atoms with E-state index < -0.39 is 12.1 Å². The number of benzene rings is 2. The van der Waals surface area contributed by atoms with Crippen molar-refractivity contribution < 1.29 is 23.8 Å². The van der Waals surface area contributed by atoms with Crippen molar-refractivity contribution in [1.82, 2.24) is 0 Å². The molecule has 0 unspecified atom stereocenters. The number of nitrogens with one attached hydrogen (secondary N) is 1. The second-order valence-corrected chi connectivity index (χ2v) is 6.48. The molecule has 1 amide bonds. The van der Waals surface area contributed by atoms with Gasteiger partial charge in [-0.3, -0.25) is 4.79 Å². The predicted octanol–water partition coefficient (Wildman–Crippen LogP) is 4.32. The monoisotopic (exact) mass is 391 g/mol. The van der Waals surface area contributed by atoms with Crippen LogP contribution in [0.3, 0.4) is 0 Å². The highest BCUT2D eigenvalue weighted by atomic mass is 35.5. The van der Waals surface area contributed by atoms with Crippen LogP contribution in [-0.4, -0.2) is 31.2 Å². The molecular formula is C20H22ClNO5. The van der Waals surface area contributed by atoms with E-state index in [1.165, 1.54) is 7.11 Å². The summed E-state index contributed by atoms with van der Waals surface area (Å²) in [7, 11) is 1.52. The number of carbonyl (C=O) groups is 2. The van der Waals surface area contributed by atoms with Gasteiger partial charge >= 0.3 is 5.97 Å². The third kappa shape index (κ3) is 5.89. The molecule has 6 nitrogen and oxygen atoms in total. The first-order chi connectivity index (χ1) is 12.8. The van der Waals surface area contributed by atoms with Gasteiger partial charge in [-0.15, -0.1) is 0 Å². The molecular weight excluding hydrogens is 370 g/mol. The molecule has 27 heavy (non-hydrogen) atoms. The van der Waals surface area contributed by atoms with Gasteiger partial charge < -0.3 is 19.5 Å². The zero-order valence-electron chi connectivity index (χ0n) is 15.6. The molecule has 2 aromatic carbocycles. The normalized spacial score (nSPS) is 11.6. The van der Waals surface area contributed by atoms with Crippen molar-refractivity contribution in [3.8, 4) is 11.5 Å². The molecule has 2 rings (SSSR count). The number of amides is 1. The summed E-state index contributed by atoms with van der Waals surface area (Å²) in [4.78, 5) is 24.1. The maximum Gasteiger partial charge on any atom is 0.347 e. The van der Waals surface area contributed by atoms with Gasteiger partial charge in [0.25, 0.3) is 5.91 Å². The van der Waals surface area contributed by atoms with E-state index in [9.17, 15) is 9.59 Å². The van der Waals surface area contributed by atoms with Gasteiger partial charge in [0.15, 0.2) is 6.10 Å². The summed E-state index contributed by atoms with van der Waals surface area (Å²) in [5.41, 5.74) is 0.989. The number of halogens is 1. The van der Waals surface area contributed by atoms with E-state index in [1.54, 1.807) is 63.2 Å². The topological polar surface area (TPSA) is 73.9 Å². The van der Waals surface area contributed by atoms with Gasteiger partial charge in [0, 0.05) is 11.3 Å². The first-order valence-electron chi connectivity index (χ1n) is 8.42. The van der Waals surface area contributed by atoms with Crippen LogP contribution in [0.5, 0.6) is 11.5 Å². The number of carbonyl (C=O) groups excluding carboxylic acids is 2. The minimum atomic E-state index is -0.742. The summed E-state index contributed by atoms with van der Waals surface area (Å²) in [6.07, 6.45) is -0.949. The van der Waals surface area contributed by atoms with Crippen molar-refractivity contribution >= 4 is 29.2 Å². The summed E-state index contributed by atoms with van der Waals surface area (Å²) >= 11 is 6.05. The molecule has 0 saturated carbocycles. The van der Waals surface area contributed by atoms with Crippen LogP contribution in [0, 0.1) is 0 Å². The number of anilines is 1. The number of esters is 1. The Hall–Kier alpha value is -2.73. The fraction of sp³-hybridized carbons (Fsp3) is 0.300. The minimum Gasteiger partial charge on any atom is -0.495 e. The second kappa shape index (κ2) is 9.28. The van der Waals surface area contributed by atoms with Gasteiger partial charge in [-0.25, -0.2) is 4.79 Å². The smallest absolute Gasteiger partial charge is 0.347 e.